The number of rotatable bonds is 4. The number of sulfone groups is 1. The van der Waals surface area contributed by atoms with E-state index in [-0.39, 0.29) is 11.5 Å². The molecule has 21 heavy (non-hydrogen) atoms. The highest BCUT2D eigenvalue weighted by atomic mass is 35.5. The summed E-state index contributed by atoms with van der Waals surface area (Å²) in [6.45, 7) is 1.92. The summed E-state index contributed by atoms with van der Waals surface area (Å²) in [6, 6.07) is 14.0. The number of nitrogens with zero attached hydrogens (tertiary/aromatic N) is 1. The minimum Gasteiger partial charge on any atom is -0.228 e. The number of nitriles is 1. The van der Waals surface area contributed by atoms with Crippen LogP contribution < -0.4 is 0 Å². The van der Waals surface area contributed by atoms with Gasteiger partial charge in [-0.15, -0.1) is 0 Å². The van der Waals surface area contributed by atoms with Crippen LogP contribution in [-0.4, -0.2) is 8.42 Å². The molecule has 0 unspecified atom stereocenters. The molecule has 0 amide bonds. The van der Waals surface area contributed by atoms with E-state index in [4.69, 9.17) is 16.9 Å². The zero-order valence-corrected chi connectivity index (χ0v) is 13.1. The zero-order valence-electron chi connectivity index (χ0n) is 11.5. The number of aryl methyl sites for hydroxylation is 1. The number of halogens is 1. The molecule has 0 atom stereocenters. The van der Waals surface area contributed by atoms with Gasteiger partial charge >= 0.3 is 0 Å². The van der Waals surface area contributed by atoms with Gasteiger partial charge in [0.2, 0.25) is 0 Å². The normalized spacial score (nSPS) is 11.1. The monoisotopic (exact) mass is 319 g/mol. The summed E-state index contributed by atoms with van der Waals surface area (Å²) in [5.74, 6) is -0.156. The smallest absolute Gasteiger partial charge is 0.158 e. The molecular formula is C16H14ClNO2S. The maximum atomic E-state index is 12.3. The van der Waals surface area contributed by atoms with Crippen molar-refractivity contribution in [2.75, 3.05) is 0 Å². The van der Waals surface area contributed by atoms with Gasteiger partial charge in [-0.05, 0) is 30.2 Å². The minimum absolute atomic E-state index is 0.0228. The van der Waals surface area contributed by atoms with Crippen LogP contribution in [0.1, 0.15) is 22.3 Å². The van der Waals surface area contributed by atoms with Gasteiger partial charge in [-0.2, -0.15) is 5.26 Å². The summed E-state index contributed by atoms with van der Waals surface area (Å²) in [7, 11) is -3.31. The first-order chi connectivity index (χ1) is 9.89. The standard InChI is InChI=1S/C16H14ClNO2S/c1-12-3-2-4-14(7-12)10-21(19,20)11-15-6-5-13(9-18)8-16(15)17/h2-8H,10-11H2,1H3. The van der Waals surface area contributed by atoms with Crippen molar-refractivity contribution >= 4 is 21.4 Å². The molecule has 0 N–H and O–H groups in total. The van der Waals surface area contributed by atoms with Crippen molar-refractivity contribution in [2.45, 2.75) is 18.4 Å². The van der Waals surface area contributed by atoms with Crippen molar-refractivity contribution in [3.63, 3.8) is 0 Å². The molecule has 0 saturated heterocycles. The van der Waals surface area contributed by atoms with E-state index in [1.807, 2.05) is 31.2 Å². The van der Waals surface area contributed by atoms with E-state index in [0.717, 1.165) is 11.1 Å². The fraction of sp³-hybridized carbons (Fsp3) is 0.188. The van der Waals surface area contributed by atoms with Gasteiger partial charge in [-0.3, -0.25) is 0 Å². The second-order valence-electron chi connectivity index (χ2n) is 4.94. The van der Waals surface area contributed by atoms with E-state index in [2.05, 4.69) is 0 Å². The third kappa shape index (κ3) is 4.32. The molecule has 2 aromatic carbocycles. The highest BCUT2D eigenvalue weighted by Crippen LogP contribution is 2.21. The van der Waals surface area contributed by atoms with Crippen LogP contribution in [0.2, 0.25) is 5.02 Å². The maximum absolute atomic E-state index is 12.3. The van der Waals surface area contributed by atoms with Gasteiger partial charge in [0, 0.05) is 5.02 Å². The topological polar surface area (TPSA) is 57.9 Å². The molecule has 0 radical (unpaired) electrons. The largest absolute Gasteiger partial charge is 0.228 e. The number of benzene rings is 2. The van der Waals surface area contributed by atoms with E-state index in [0.29, 0.717) is 16.1 Å². The molecule has 2 rings (SSSR count). The lowest BCUT2D eigenvalue weighted by atomic mass is 10.2. The van der Waals surface area contributed by atoms with Gasteiger partial charge in [0.15, 0.2) is 9.84 Å². The minimum atomic E-state index is -3.31. The number of hydrogen-bond acceptors (Lipinski definition) is 3. The first kappa shape index (κ1) is 15.6. The average molecular weight is 320 g/mol. The van der Waals surface area contributed by atoms with Crippen LogP contribution in [0, 0.1) is 18.3 Å². The van der Waals surface area contributed by atoms with Gasteiger partial charge in [-0.1, -0.05) is 47.5 Å². The van der Waals surface area contributed by atoms with E-state index in [1.165, 1.54) is 6.07 Å². The predicted octanol–water partition coefficient (Wildman–Crippen LogP) is 3.64. The molecule has 0 saturated carbocycles. The lowest BCUT2D eigenvalue weighted by molar-refractivity contribution is 0.594. The first-order valence-corrected chi connectivity index (χ1v) is 8.54. The Kier molecular flexibility index (Phi) is 4.66. The Labute approximate surface area is 129 Å². The fourth-order valence-electron chi connectivity index (χ4n) is 2.08. The van der Waals surface area contributed by atoms with E-state index >= 15 is 0 Å². The molecule has 2 aromatic rings. The molecule has 5 heteroatoms. The second-order valence-corrected chi connectivity index (χ2v) is 7.41. The molecule has 0 fully saturated rings. The van der Waals surface area contributed by atoms with Gasteiger partial charge < -0.3 is 0 Å². The molecule has 0 aliphatic heterocycles. The molecule has 108 valence electrons. The van der Waals surface area contributed by atoms with Crippen LogP contribution in [-0.2, 0) is 21.3 Å². The maximum Gasteiger partial charge on any atom is 0.158 e. The van der Waals surface area contributed by atoms with Crippen molar-refractivity contribution in [3.05, 3.63) is 69.7 Å². The van der Waals surface area contributed by atoms with Gasteiger partial charge in [0.1, 0.15) is 0 Å². The number of hydrogen-bond donors (Lipinski definition) is 0. The zero-order chi connectivity index (χ0) is 15.5. The summed E-state index contributed by atoms with van der Waals surface area (Å²) in [5, 5.41) is 9.09. The fourth-order valence-corrected chi connectivity index (χ4v) is 3.92. The second kappa shape index (κ2) is 6.30. The Morgan fingerprint density at radius 1 is 1.14 bits per heavy atom. The molecular weight excluding hydrogens is 306 g/mol. The first-order valence-electron chi connectivity index (χ1n) is 6.34. The Bertz CT molecular complexity index is 807. The molecule has 0 heterocycles. The highest BCUT2D eigenvalue weighted by molar-refractivity contribution is 7.89. The Balaban J connectivity index is 2.20. The van der Waals surface area contributed by atoms with Crippen LogP contribution in [0.3, 0.4) is 0 Å². The van der Waals surface area contributed by atoms with Crippen molar-refractivity contribution < 1.29 is 8.42 Å². The molecule has 3 nitrogen and oxygen atoms in total. The average Bonchev–Trinajstić information content (AvgIpc) is 2.40. The van der Waals surface area contributed by atoms with Gasteiger partial charge in [0.25, 0.3) is 0 Å². The van der Waals surface area contributed by atoms with Crippen LogP contribution in [0.15, 0.2) is 42.5 Å². The molecule has 0 spiro atoms. The van der Waals surface area contributed by atoms with Crippen LogP contribution >= 0.6 is 11.6 Å². The quantitative estimate of drug-likeness (QED) is 0.864. The van der Waals surface area contributed by atoms with Crippen molar-refractivity contribution in [2.24, 2.45) is 0 Å². The predicted molar refractivity (Wildman–Crippen MR) is 83.7 cm³/mol. The Morgan fingerprint density at radius 2 is 1.90 bits per heavy atom. The Morgan fingerprint density at radius 3 is 2.52 bits per heavy atom. The summed E-state index contributed by atoms with van der Waals surface area (Å²) in [5.41, 5.74) is 2.72. The van der Waals surface area contributed by atoms with Crippen LogP contribution in [0.4, 0.5) is 0 Å². The van der Waals surface area contributed by atoms with Crippen LogP contribution in [0.5, 0.6) is 0 Å². The van der Waals surface area contributed by atoms with Crippen molar-refractivity contribution in [3.8, 4) is 6.07 Å². The highest BCUT2D eigenvalue weighted by Gasteiger charge is 2.15. The SMILES string of the molecule is Cc1cccc(CS(=O)(=O)Cc2ccc(C#N)cc2Cl)c1. The summed E-state index contributed by atoms with van der Waals surface area (Å²) >= 11 is 6.03. The molecule has 0 bridgehead atoms. The molecule has 0 aliphatic rings. The molecule has 0 aliphatic carbocycles. The third-order valence-electron chi connectivity index (χ3n) is 3.03. The van der Waals surface area contributed by atoms with Crippen LogP contribution in [0.25, 0.3) is 0 Å². The van der Waals surface area contributed by atoms with Crippen molar-refractivity contribution in [1.82, 2.24) is 0 Å². The third-order valence-corrected chi connectivity index (χ3v) is 4.90. The van der Waals surface area contributed by atoms with Gasteiger partial charge in [0.05, 0.1) is 23.1 Å². The van der Waals surface area contributed by atoms with E-state index in [9.17, 15) is 8.42 Å². The summed E-state index contributed by atoms with van der Waals surface area (Å²) < 4.78 is 24.5. The lowest BCUT2D eigenvalue weighted by Crippen LogP contribution is -2.08. The van der Waals surface area contributed by atoms with Gasteiger partial charge in [-0.25, -0.2) is 8.42 Å². The lowest BCUT2D eigenvalue weighted by Gasteiger charge is -2.07. The van der Waals surface area contributed by atoms with E-state index in [1.54, 1.807) is 18.2 Å². The summed E-state index contributed by atoms with van der Waals surface area (Å²) in [4.78, 5) is 0. The Hall–Kier alpha value is -1.83. The van der Waals surface area contributed by atoms with Crippen molar-refractivity contribution in [1.29, 1.82) is 5.26 Å². The van der Waals surface area contributed by atoms with E-state index < -0.39 is 9.84 Å². The summed E-state index contributed by atoms with van der Waals surface area (Å²) in [6.07, 6.45) is 0. The molecule has 0 aromatic heterocycles.